The summed E-state index contributed by atoms with van der Waals surface area (Å²) in [7, 11) is 0. The summed E-state index contributed by atoms with van der Waals surface area (Å²) < 4.78 is 6.03. The predicted molar refractivity (Wildman–Crippen MR) is 119 cm³/mol. The molecule has 4 N–H and O–H groups in total. The van der Waals surface area contributed by atoms with Gasteiger partial charge in [0.15, 0.2) is 5.41 Å². The molecule has 10 heteroatoms. The van der Waals surface area contributed by atoms with E-state index in [1.165, 1.54) is 0 Å². The number of nitrogens with zero attached hydrogens (tertiary/aromatic N) is 2. The molecule has 5 atom stereocenters. The van der Waals surface area contributed by atoms with Crippen LogP contribution in [-0.4, -0.2) is 78.7 Å². The van der Waals surface area contributed by atoms with E-state index in [0.717, 1.165) is 29.9 Å². The fourth-order valence-electron chi connectivity index (χ4n) is 6.12. The Labute approximate surface area is 191 Å². The number of hydrogen-bond acceptors (Lipinski definition) is 8. The average molecular weight is 459 g/mol. The zero-order chi connectivity index (χ0) is 23.5. The molecule has 33 heavy (non-hydrogen) atoms. The maximum absolute atomic E-state index is 13.2. The fourth-order valence-corrected chi connectivity index (χ4v) is 6.12. The molecule has 1 unspecified atom stereocenters. The number of fused-ring (bicyclic) bond motifs is 4. The summed E-state index contributed by atoms with van der Waals surface area (Å²) in [6.07, 6.45) is -0.308. The van der Waals surface area contributed by atoms with E-state index in [4.69, 9.17) is 4.74 Å². The second-order valence-electron chi connectivity index (χ2n) is 9.69. The van der Waals surface area contributed by atoms with Crippen molar-refractivity contribution in [2.75, 3.05) is 36.0 Å². The highest BCUT2D eigenvalue weighted by atomic mass is 16.5. The summed E-state index contributed by atoms with van der Waals surface area (Å²) in [5, 5.41) is 23.9. The fraction of sp³-hybridized carbons (Fsp3) is 0.609. The molecule has 178 valence electrons. The number of aliphatic hydroxyl groups excluding tert-OH is 2. The number of ether oxygens (including phenoxy) is 1. The molecule has 1 spiro atoms. The average Bonchev–Trinajstić information content (AvgIpc) is 3.26. The van der Waals surface area contributed by atoms with Crippen molar-refractivity contribution in [2.24, 2.45) is 11.3 Å². The van der Waals surface area contributed by atoms with Crippen molar-refractivity contribution >= 4 is 29.2 Å². The van der Waals surface area contributed by atoms with Gasteiger partial charge in [-0.15, -0.1) is 0 Å². The van der Waals surface area contributed by atoms with Gasteiger partial charge in [-0.2, -0.15) is 0 Å². The molecular formula is C23H30N4O6. The molecule has 4 amide bonds. The van der Waals surface area contributed by atoms with Crippen molar-refractivity contribution in [2.45, 2.75) is 51.0 Å². The lowest BCUT2D eigenvalue weighted by molar-refractivity contribution is -0.153. The molecule has 0 saturated carbocycles. The van der Waals surface area contributed by atoms with Gasteiger partial charge in [0.25, 0.3) is 0 Å². The number of rotatable bonds is 3. The first-order valence-electron chi connectivity index (χ1n) is 11.5. The molecule has 1 aromatic carbocycles. The summed E-state index contributed by atoms with van der Waals surface area (Å²) in [5.41, 5.74) is 1.27. The van der Waals surface area contributed by atoms with Crippen LogP contribution in [0.1, 0.15) is 25.8 Å². The van der Waals surface area contributed by atoms with Gasteiger partial charge in [-0.05, 0) is 50.5 Å². The zero-order valence-electron chi connectivity index (χ0n) is 18.8. The number of nitrogens with one attached hydrogen (secondary N) is 2. The molecule has 3 fully saturated rings. The number of morpholine rings is 1. The van der Waals surface area contributed by atoms with Crippen LogP contribution in [-0.2, 0) is 20.7 Å². The first-order valence-corrected chi connectivity index (χ1v) is 11.5. The van der Waals surface area contributed by atoms with E-state index < -0.39 is 41.5 Å². The van der Waals surface area contributed by atoms with E-state index in [0.29, 0.717) is 13.1 Å². The highest BCUT2D eigenvalue weighted by Gasteiger charge is 2.62. The highest BCUT2D eigenvalue weighted by Crippen LogP contribution is 2.47. The maximum atomic E-state index is 13.2. The highest BCUT2D eigenvalue weighted by molar-refractivity contribution is 6.20. The predicted octanol–water partition coefficient (Wildman–Crippen LogP) is -0.243. The minimum Gasteiger partial charge on any atom is -0.394 e. The Morgan fingerprint density at radius 1 is 1.18 bits per heavy atom. The van der Waals surface area contributed by atoms with Gasteiger partial charge in [0.2, 0.25) is 11.8 Å². The van der Waals surface area contributed by atoms with E-state index in [-0.39, 0.29) is 25.0 Å². The van der Waals surface area contributed by atoms with Crippen LogP contribution in [0.5, 0.6) is 0 Å². The number of benzene rings is 1. The third kappa shape index (κ3) is 3.39. The number of urea groups is 1. The first-order chi connectivity index (χ1) is 15.7. The number of aliphatic hydroxyl groups is 2. The third-order valence-electron chi connectivity index (χ3n) is 7.61. The van der Waals surface area contributed by atoms with Crippen LogP contribution in [0.2, 0.25) is 0 Å². The molecule has 10 nitrogen and oxygen atoms in total. The van der Waals surface area contributed by atoms with Crippen molar-refractivity contribution < 1.29 is 29.3 Å². The molecule has 0 aliphatic carbocycles. The number of barbiturate groups is 1. The third-order valence-corrected chi connectivity index (χ3v) is 7.61. The summed E-state index contributed by atoms with van der Waals surface area (Å²) in [6, 6.07) is 4.70. The first kappa shape index (κ1) is 22.1. The van der Waals surface area contributed by atoms with Gasteiger partial charge in [0.1, 0.15) is 0 Å². The van der Waals surface area contributed by atoms with Crippen LogP contribution >= 0.6 is 0 Å². The Morgan fingerprint density at radius 3 is 2.61 bits per heavy atom. The zero-order valence-corrected chi connectivity index (χ0v) is 18.8. The Morgan fingerprint density at radius 2 is 1.91 bits per heavy atom. The van der Waals surface area contributed by atoms with E-state index >= 15 is 0 Å². The molecule has 4 heterocycles. The van der Waals surface area contributed by atoms with Crippen LogP contribution in [0.4, 0.5) is 16.2 Å². The number of imide groups is 2. The van der Waals surface area contributed by atoms with Crippen molar-refractivity contribution in [1.82, 2.24) is 10.6 Å². The van der Waals surface area contributed by atoms with E-state index in [1.54, 1.807) is 0 Å². The van der Waals surface area contributed by atoms with Crippen molar-refractivity contribution in [1.29, 1.82) is 0 Å². The number of carbonyl (C=O) groups excluding carboxylic acids is 3. The van der Waals surface area contributed by atoms with Gasteiger partial charge in [-0.25, -0.2) is 4.79 Å². The van der Waals surface area contributed by atoms with Crippen molar-refractivity contribution in [3.63, 3.8) is 0 Å². The Balaban J connectivity index is 1.55. The van der Waals surface area contributed by atoms with Crippen molar-refractivity contribution in [3.8, 4) is 0 Å². The van der Waals surface area contributed by atoms with Gasteiger partial charge in [0, 0.05) is 36.9 Å². The number of anilines is 2. The van der Waals surface area contributed by atoms with E-state index in [2.05, 4.69) is 20.4 Å². The van der Waals surface area contributed by atoms with Crippen LogP contribution in [0.3, 0.4) is 0 Å². The minimum atomic E-state index is -1.49. The van der Waals surface area contributed by atoms with Gasteiger partial charge < -0.3 is 24.7 Å². The molecule has 1 aromatic rings. The number of hydrogen-bond donors (Lipinski definition) is 4. The second-order valence-corrected chi connectivity index (χ2v) is 9.69. The standard InChI is InChI=1S/C23H30N4O6/c1-12-9-27-17-4-3-16(26-6-5-14(10-26)18(29)11-28)7-15(17)8-23(19(27)13(2)33-12)20(30)24-22(32)25-21(23)31/h3-4,7,12-14,18-19,28-29H,5-6,8-11H2,1-2H3,(H2,24,25,30,31,32)/t12-,13+,14?,18+,19-/m1/s1. The molecule has 4 aliphatic rings. The molecular weight excluding hydrogens is 428 g/mol. The van der Waals surface area contributed by atoms with Gasteiger partial charge in [0.05, 0.1) is 31.0 Å². The Bertz CT molecular complexity index is 979. The Kier molecular flexibility index (Phi) is 5.34. The SMILES string of the molecule is C[C@@H]1CN2c3ccc(N4CCC([C@@H](O)CO)C4)cc3CC3(C(=O)NC(=O)NC3=O)[C@H]2[C@H](C)O1. The monoisotopic (exact) mass is 458 g/mol. The van der Waals surface area contributed by atoms with Gasteiger partial charge in [-0.1, -0.05) is 0 Å². The van der Waals surface area contributed by atoms with Crippen molar-refractivity contribution in [3.05, 3.63) is 23.8 Å². The lowest BCUT2D eigenvalue weighted by Gasteiger charge is -2.55. The number of carbonyl (C=O) groups is 3. The van der Waals surface area contributed by atoms with Crippen LogP contribution in [0.25, 0.3) is 0 Å². The van der Waals surface area contributed by atoms with Gasteiger partial charge >= 0.3 is 6.03 Å². The van der Waals surface area contributed by atoms with E-state index in [9.17, 15) is 24.6 Å². The van der Waals surface area contributed by atoms with Gasteiger partial charge in [-0.3, -0.25) is 20.2 Å². The van der Waals surface area contributed by atoms with Crippen LogP contribution in [0.15, 0.2) is 18.2 Å². The molecule has 5 rings (SSSR count). The van der Waals surface area contributed by atoms with E-state index in [1.807, 2.05) is 32.0 Å². The molecule has 0 bridgehead atoms. The topological polar surface area (TPSA) is 131 Å². The lowest BCUT2D eigenvalue weighted by Crippen LogP contribution is -2.75. The molecule has 0 radical (unpaired) electrons. The lowest BCUT2D eigenvalue weighted by atomic mass is 9.66. The molecule has 3 saturated heterocycles. The number of amides is 4. The smallest absolute Gasteiger partial charge is 0.328 e. The quantitative estimate of drug-likeness (QED) is 0.457. The van der Waals surface area contributed by atoms with Crippen LogP contribution < -0.4 is 20.4 Å². The largest absolute Gasteiger partial charge is 0.394 e. The summed E-state index contributed by atoms with van der Waals surface area (Å²) in [5.74, 6) is -1.21. The van der Waals surface area contributed by atoms with Crippen LogP contribution in [0, 0.1) is 11.3 Å². The molecule has 0 aromatic heterocycles. The summed E-state index contributed by atoms with van der Waals surface area (Å²) in [4.78, 5) is 42.5. The maximum Gasteiger partial charge on any atom is 0.328 e. The molecule has 4 aliphatic heterocycles. The normalized spacial score (nSPS) is 31.7. The second kappa shape index (κ2) is 7.96. The Hall–Kier alpha value is -2.69. The summed E-state index contributed by atoms with van der Waals surface area (Å²) >= 11 is 0. The minimum absolute atomic E-state index is 0.0105. The summed E-state index contributed by atoms with van der Waals surface area (Å²) in [6.45, 7) is 5.45.